The standard InChI is InChI=1S/C18H33NO2/c1-4-18(2,3)15-6-8-16(9-7-15)19-12-11-14(13-19)5-10-17(20)21/h14-16H,4-13H2,1-3H3,(H,20,21). The highest BCUT2D eigenvalue weighted by atomic mass is 16.4. The van der Waals surface area contributed by atoms with E-state index in [0.29, 0.717) is 17.8 Å². The summed E-state index contributed by atoms with van der Waals surface area (Å²) >= 11 is 0. The van der Waals surface area contributed by atoms with Crippen LogP contribution in [-0.4, -0.2) is 35.1 Å². The Hall–Kier alpha value is -0.570. The fourth-order valence-electron chi connectivity index (χ4n) is 4.27. The summed E-state index contributed by atoms with van der Waals surface area (Å²) in [5.74, 6) is 0.867. The van der Waals surface area contributed by atoms with Gasteiger partial charge in [0.25, 0.3) is 0 Å². The van der Waals surface area contributed by atoms with E-state index < -0.39 is 5.97 Å². The van der Waals surface area contributed by atoms with Gasteiger partial charge in [-0.2, -0.15) is 0 Å². The molecule has 3 heteroatoms. The minimum Gasteiger partial charge on any atom is -0.481 e. The lowest BCUT2D eigenvalue weighted by atomic mass is 9.68. The van der Waals surface area contributed by atoms with E-state index in [1.807, 2.05) is 0 Å². The average molecular weight is 295 g/mol. The average Bonchev–Trinajstić information content (AvgIpc) is 2.94. The van der Waals surface area contributed by atoms with Gasteiger partial charge in [0.2, 0.25) is 0 Å². The Morgan fingerprint density at radius 3 is 2.43 bits per heavy atom. The number of carboxylic acid groups (broad SMARTS) is 1. The molecule has 0 radical (unpaired) electrons. The second-order valence-electron chi connectivity index (χ2n) is 7.93. The van der Waals surface area contributed by atoms with Gasteiger partial charge in [-0.1, -0.05) is 27.2 Å². The van der Waals surface area contributed by atoms with E-state index >= 15 is 0 Å². The second kappa shape index (κ2) is 7.13. The molecule has 2 aliphatic rings. The fraction of sp³-hybridized carbons (Fsp3) is 0.944. The SMILES string of the molecule is CCC(C)(C)C1CCC(N2CCC(CCC(=O)O)C2)CC1. The maximum Gasteiger partial charge on any atom is 0.303 e. The van der Waals surface area contributed by atoms with Crippen LogP contribution in [0.4, 0.5) is 0 Å². The van der Waals surface area contributed by atoms with Crippen LogP contribution < -0.4 is 0 Å². The Morgan fingerprint density at radius 1 is 1.19 bits per heavy atom. The molecule has 122 valence electrons. The summed E-state index contributed by atoms with van der Waals surface area (Å²) in [6.07, 6.45) is 9.14. The first-order valence-electron chi connectivity index (χ1n) is 8.88. The van der Waals surface area contributed by atoms with Crippen molar-refractivity contribution in [1.82, 2.24) is 4.90 Å². The molecule has 21 heavy (non-hydrogen) atoms. The zero-order valence-electron chi connectivity index (χ0n) is 14.1. The summed E-state index contributed by atoms with van der Waals surface area (Å²) in [7, 11) is 0. The van der Waals surface area contributed by atoms with E-state index in [9.17, 15) is 4.79 Å². The van der Waals surface area contributed by atoms with Crippen LogP contribution in [0.3, 0.4) is 0 Å². The molecule has 1 atom stereocenters. The van der Waals surface area contributed by atoms with Crippen LogP contribution in [0.1, 0.15) is 72.1 Å². The monoisotopic (exact) mass is 295 g/mol. The number of carbonyl (C=O) groups is 1. The first-order chi connectivity index (χ1) is 9.92. The molecule has 0 aromatic carbocycles. The lowest BCUT2D eigenvalue weighted by Gasteiger charge is -2.41. The molecule has 1 unspecified atom stereocenters. The van der Waals surface area contributed by atoms with Crippen LogP contribution in [-0.2, 0) is 4.79 Å². The Kier molecular flexibility index (Phi) is 5.70. The van der Waals surface area contributed by atoms with E-state index in [1.165, 1.54) is 45.1 Å². The van der Waals surface area contributed by atoms with Crippen LogP contribution in [0.25, 0.3) is 0 Å². The molecule has 0 bridgehead atoms. The zero-order valence-corrected chi connectivity index (χ0v) is 14.1. The van der Waals surface area contributed by atoms with E-state index in [4.69, 9.17) is 5.11 Å². The van der Waals surface area contributed by atoms with E-state index in [2.05, 4.69) is 25.7 Å². The van der Waals surface area contributed by atoms with Gasteiger partial charge in [-0.15, -0.1) is 0 Å². The molecule has 1 aliphatic carbocycles. The molecule has 0 amide bonds. The molecule has 1 heterocycles. The van der Waals surface area contributed by atoms with Crippen molar-refractivity contribution in [3.63, 3.8) is 0 Å². The van der Waals surface area contributed by atoms with Gasteiger partial charge in [0.15, 0.2) is 0 Å². The first kappa shape index (κ1) is 16.8. The summed E-state index contributed by atoms with van der Waals surface area (Å²) in [6.45, 7) is 9.50. The molecular formula is C18H33NO2. The Labute approximate surface area is 130 Å². The molecule has 0 aromatic rings. The van der Waals surface area contributed by atoms with Crippen molar-refractivity contribution < 1.29 is 9.90 Å². The minimum atomic E-state index is -0.643. The lowest BCUT2D eigenvalue weighted by molar-refractivity contribution is -0.137. The van der Waals surface area contributed by atoms with Crippen molar-refractivity contribution in [3.05, 3.63) is 0 Å². The molecule has 1 aliphatic heterocycles. The highest BCUT2D eigenvalue weighted by Crippen LogP contribution is 2.42. The number of hydrogen-bond acceptors (Lipinski definition) is 2. The smallest absolute Gasteiger partial charge is 0.303 e. The topological polar surface area (TPSA) is 40.5 Å². The van der Waals surface area contributed by atoms with Crippen LogP contribution in [0.15, 0.2) is 0 Å². The number of nitrogens with zero attached hydrogens (tertiary/aromatic N) is 1. The third-order valence-corrected chi connectivity index (χ3v) is 6.31. The Morgan fingerprint density at radius 2 is 1.86 bits per heavy atom. The predicted molar refractivity (Wildman–Crippen MR) is 86.4 cm³/mol. The molecule has 2 fully saturated rings. The number of carboxylic acids is 1. The summed E-state index contributed by atoms with van der Waals surface area (Å²) < 4.78 is 0. The summed E-state index contributed by atoms with van der Waals surface area (Å²) in [4.78, 5) is 13.3. The van der Waals surface area contributed by atoms with Crippen molar-refractivity contribution in [2.45, 2.75) is 78.2 Å². The third kappa shape index (κ3) is 4.45. The van der Waals surface area contributed by atoms with Crippen molar-refractivity contribution in [3.8, 4) is 0 Å². The molecule has 1 saturated heterocycles. The van der Waals surface area contributed by atoms with Crippen LogP contribution in [0.5, 0.6) is 0 Å². The zero-order chi connectivity index (χ0) is 15.5. The quantitative estimate of drug-likeness (QED) is 0.799. The van der Waals surface area contributed by atoms with Gasteiger partial charge in [0, 0.05) is 19.0 Å². The Balaban J connectivity index is 1.75. The van der Waals surface area contributed by atoms with Crippen molar-refractivity contribution >= 4 is 5.97 Å². The summed E-state index contributed by atoms with van der Waals surface area (Å²) in [5.41, 5.74) is 0.500. The molecule has 0 spiro atoms. The van der Waals surface area contributed by atoms with Gasteiger partial charge in [-0.25, -0.2) is 0 Å². The lowest BCUT2D eigenvalue weighted by Crippen LogP contribution is -2.39. The Bertz CT molecular complexity index is 345. The second-order valence-corrected chi connectivity index (χ2v) is 7.93. The van der Waals surface area contributed by atoms with Crippen molar-refractivity contribution in [2.75, 3.05) is 13.1 Å². The van der Waals surface area contributed by atoms with Crippen molar-refractivity contribution in [1.29, 1.82) is 0 Å². The normalized spacial score (nSPS) is 31.5. The maximum absolute atomic E-state index is 10.7. The van der Waals surface area contributed by atoms with Crippen LogP contribution >= 0.6 is 0 Å². The van der Waals surface area contributed by atoms with E-state index in [0.717, 1.165) is 24.9 Å². The molecule has 3 nitrogen and oxygen atoms in total. The molecular weight excluding hydrogens is 262 g/mol. The van der Waals surface area contributed by atoms with Gasteiger partial charge in [0.1, 0.15) is 0 Å². The highest BCUT2D eigenvalue weighted by molar-refractivity contribution is 5.66. The summed E-state index contributed by atoms with van der Waals surface area (Å²) in [6, 6.07) is 0.767. The third-order valence-electron chi connectivity index (χ3n) is 6.31. The van der Waals surface area contributed by atoms with E-state index in [1.54, 1.807) is 0 Å². The number of hydrogen-bond donors (Lipinski definition) is 1. The van der Waals surface area contributed by atoms with Crippen LogP contribution in [0, 0.1) is 17.3 Å². The largest absolute Gasteiger partial charge is 0.481 e. The molecule has 1 N–H and O–H groups in total. The molecule has 2 rings (SSSR count). The molecule has 1 saturated carbocycles. The maximum atomic E-state index is 10.7. The van der Waals surface area contributed by atoms with Gasteiger partial charge in [-0.05, 0) is 62.3 Å². The predicted octanol–water partition coefficient (Wildman–Crippen LogP) is 4.17. The molecule has 0 aromatic heterocycles. The van der Waals surface area contributed by atoms with Gasteiger partial charge in [0.05, 0.1) is 0 Å². The van der Waals surface area contributed by atoms with Gasteiger partial charge < -0.3 is 10.0 Å². The van der Waals surface area contributed by atoms with E-state index in [-0.39, 0.29) is 0 Å². The minimum absolute atomic E-state index is 0.343. The van der Waals surface area contributed by atoms with Gasteiger partial charge in [-0.3, -0.25) is 4.79 Å². The number of likely N-dealkylation sites (tertiary alicyclic amines) is 1. The summed E-state index contributed by atoms with van der Waals surface area (Å²) in [5, 5.41) is 8.80. The highest BCUT2D eigenvalue weighted by Gasteiger charge is 2.35. The number of aliphatic carboxylic acids is 1. The first-order valence-corrected chi connectivity index (χ1v) is 8.88. The van der Waals surface area contributed by atoms with Crippen LogP contribution in [0.2, 0.25) is 0 Å². The number of rotatable bonds is 6. The fourth-order valence-corrected chi connectivity index (χ4v) is 4.27. The van der Waals surface area contributed by atoms with Crippen molar-refractivity contribution in [2.24, 2.45) is 17.3 Å². The van der Waals surface area contributed by atoms with Gasteiger partial charge >= 0.3 is 5.97 Å².